The zero-order chi connectivity index (χ0) is 19.4. The predicted molar refractivity (Wildman–Crippen MR) is 103 cm³/mol. The molecule has 148 valence electrons. The van der Waals surface area contributed by atoms with Crippen molar-refractivity contribution >= 4 is 21.7 Å². The maximum absolute atomic E-state index is 12.5. The van der Waals surface area contributed by atoms with E-state index in [1.165, 1.54) is 0 Å². The molecule has 3 rings (SSSR count). The lowest BCUT2D eigenvalue weighted by Crippen LogP contribution is -2.56. The van der Waals surface area contributed by atoms with Gasteiger partial charge >= 0.3 is 0 Å². The molecule has 1 aromatic rings. The molecule has 0 radical (unpaired) electrons. The summed E-state index contributed by atoms with van der Waals surface area (Å²) in [6, 6.07) is 7.50. The van der Waals surface area contributed by atoms with Crippen LogP contribution in [0.5, 0.6) is 0 Å². The van der Waals surface area contributed by atoms with Crippen LogP contribution in [-0.2, 0) is 26.0 Å². The Morgan fingerprint density at radius 3 is 2.74 bits per heavy atom. The van der Waals surface area contributed by atoms with Crippen LogP contribution in [0.25, 0.3) is 0 Å². The van der Waals surface area contributed by atoms with Crippen LogP contribution in [0, 0.1) is 6.92 Å². The number of amides is 2. The van der Waals surface area contributed by atoms with Crippen LogP contribution in [0.2, 0.25) is 0 Å². The second kappa shape index (κ2) is 8.39. The first-order chi connectivity index (χ1) is 12.8. The van der Waals surface area contributed by atoms with Crippen LogP contribution in [0.1, 0.15) is 30.4 Å². The zero-order valence-electron chi connectivity index (χ0n) is 15.6. The molecule has 2 amide bonds. The first kappa shape index (κ1) is 19.8. The summed E-state index contributed by atoms with van der Waals surface area (Å²) in [5.74, 6) is -0.103. The van der Waals surface area contributed by atoms with Crippen LogP contribution < -0.4 is 10.6 Å². The zero-order valence-corrected chi connectivity index (χ0v) is 16.4. The molecule has 0 aromatic heterocycles. The molecule has 0 aliphatic carbocycles. The molecule has 7 nitrogen and oxygen atoms in total. The Kier molecular flexibility index (Phi) is 6.16. The summed E-state index contributed by atoms with van der Waals surface area (Å²) < 4.78 is 23.0. The summed E-state index contributed by atoms with van der Waals surface area (Å²) in [6.45, 7) is 3.92. The van der Waals surface area contributed by atoms with Gasteiger partial charge in [0.15, 0.2) is 0 Å². The molecule has 8 heteroatoms. The SMILES string of the molecule is Cc1cccc(CN2CCNC(=O)C2CC(=O)NC2CCS(=O)(=O)CC2)c1. The van der Waals surface area contributed by atoms with Crippen LogP contribution in [0.15, 0.2) is 24.3 Å². The van der Waals surface area contributed by atoms with Crippen molar-refractivity contribution in [2.24, 2.45) is 0 Å². The molecule has 2 fully saturated rings. The van der Waals surface area contributed by atoms with Gasteiger partial charge in [0.05, 0.1) is 24.0 Å². The summed E-state index contributed by atoms with van der Waals surface area (Å²) in [5.41, 5.74) is 2.28. The van der Waals surface area contributed by atoms with Crippen LogP contribution in [-0.4, -0.2) is 61.8 Å². The van der Waals surface area contributed by atoms with E-state index >= 15 is 0 Å². The molecule has 2 aliphatic rings. The van der Waals surface area contributed by atoms with Crippen molar-refractivity contribution in [2.75, 3.05) is 24.6 Å². The largest absolute Gasteiger partial charge is 0.353 e. The van der Waals surface area contributed by atoms with E-state index in [9.17, 15) is 18.0 Å². The van der Waals surface area contributed by atoms with Gasteiger partial charge in [0.2, 0.25) is 11.8 Å². The standard InChI is InChI=1S/C19H27N3O4S/c1-14-3-2-4-15(11-14)13-22-8-7-20-19(24)17(22)12-18(23)21-16-5-9-27(25,26)10-6-16/h2-4,11,16-17H,5-10,12-13H2,1H3,(H,20,24)(H,21,23). The van der Waals surface area contributed by atoms with Gasteiger partial charge in [-0.2, -0.15) is 0 Å². The molecule has 0 saturated carbocycles. The van der Waals surface area contributed by atoms with E-state index in [1.54, 1.807) is 0 Å². The van der Waals surface area contributed by atoms with Crippen molar-refractivity contribution in [3.8, 4) is 0 Å². The van der Waals surface area contributed by atoms with Gasteiger partial charge in [-0.15, -0.1) is 0 Å². The molecule has 2 N–H and O–H groups in total. The number of aryl methyl sites for hydroxylation is 1. The highest BCUT2D eigenvalue weighted by Crippen LogP contribution is 2.16. The molecule has 2 saturated heterocycles. The van der Waals surface area contributed by atoms with Crippen molar-refractivity contribution in [3.63, 3.8) is 0 Å². The summed E-state index contributed by atoms with van der Waals surface area (Å²) in [6.07, 6.45) is 0.969. The molecule has 2 heterocycles. The number of rotatable bonds is 5. The molecule has 1 atom stereocenters. The summed E-state index contributed by atoms with van der Waals surface area (Å²) >= 11 is 0. The number of hydrogen-bond donors (Lipinski definition) is 2. The number of nitrogens with one attached hydrogen (secondary N) is 2. The number of hydrogen-bond acceptors (Lipinski definition) is 5. The van der Waals surface area contributed by atoms with E-state index in [1.807, 2.05) is 30.0 Å². The van der Waals surface area contributed by atoms with E-state index in [4.69, 9.17) is 0 Å². The third kappa shape index (κ3) is 5.52. The third-order valence-corrected chi connectivity index (χ3v) is 6.92. The lowest BCUT2D eigenvalue weighted by Gasteiger charge is -2.35. The quantitative estimate of drug-likeness (QED) is 0.754. The van der Waals surface area contributed by atoms with Crippen molar-refractivity contribution in [3.05, 3.63) is 35.4 Å². The van der Waals surface area contributed by atoms with Gasteiger partial charge in [0, 0.05) is 25.7 Å². The van der Waals surface area contributed by atoms with Crippen LogP contribution >= 0.6 is 0 Å². The summed E-state index contributed by atoms with van der Waals surface area (Å²) in [4.78, 5) is 26.9. The molecule has 27 heavy (non-hydrogen) atoms. The van der Waals surface area contributed by atoms with Gasteiger partial charge in [-0.3, -0.25) is 14.5 Å². The fourth-order valence-electron chi connectivity index (χ4n) is 3.71. The predicted octanol–water partition coefficient (Wildman–Crippen LogP) is 0.379. The van der Waals surface area contributed by atoms with E-state index in [-0.39, 0.29) is 35.8 Å². The highest BCUT2D eigenvalue weighted by atomic mass is 32.2. The Morgan fingerprint density at radius 1 is 1.30 bits per heavy atom. The Bertz CT molecular complexity index is 795. The van der Waals surface area contributed by atoms with Gasteiger partial charge in [-0.25, -0.2) is 8.42 Å². The van der Waals surface area contributed by atoms with Gasteiger partial charge < -0.3 is 10.6 Å². The third-order valence-electron chi connectivity index (χ3n) is 5.21. The van der Waals surface area contributed by atoms with E-state index < -0.39 is 15.9 Å². The number of piperazine rings is 1. The normalized spacial score (nSPS) is 23.6. The second-order valence-electron chi connectivity index (χ2n) is 7.46. The molecular weight excluding hydrogens is 366 g/mol. The number of benzene rings is 1. The number of carbonyl (C=O) groups excluding carboxylic acids is 2. The second-order valence-corrected chi connectivity index (χ2v) is 9.77. The average Bonchev–Trinajstić information content (AvgIpc) is 2.60. The highest BCUT2D eigenvalue weighted by Gasteiger charge is 2.32. The van der Waals surface area contributed by atoms with Crippen molar-refractivity contribution in [2.45, 2.75) is 44.8 Å². The topological polar surface area (TPSA) is 95.6 Å². The molecule has 0 bridgehead atoms. The smallest absolute Gasteiger partial charge is 0.237 e. The summed E-state index contributed by atoms with van der Waals surface area (Å²) in [7, 11) is -2.96. The molecule has 1 unspecified atom stereocenters. The molecule has 1 aromatic carbocycles. The number of nitrogens with zero attached hydrogens (tertiary/aromatic N) is 1. The lowest BCUT2D eigenvalue weighted by molar-refractivity contribution is -0.134. The van der Waals surface area contributed by atoms with Crippen molar-refractivity contribution in [1.29, 1.82) is 0 Å². The number of sulfone groups is 1. The first-order valence-electron chi connectivity index (χ1n) is 9.39. The minimum Gasteiger partial charge on any atom is -0.353 e. The fraction of sp³-hybridized carbons (Fsp3) is 0.579. The van der Waals surface area contributed by atoms with Gasteiger partial charge in [-0.05, 0) is 25.3 Å². The maximum Gasteiger partial charge on any atom is 0.237 e. The van der Waals surface area contributed by atoms with Gasteiger partial charge in [0.1, 0.15) is 9.84 Å². The van der Waals surface area contributed by atoms with Crippen molar-refractivity contribution < 1.29 is 18.0 Å². The Labute approximate surface area is 160 Å². The maximum atomic E-state index is 12.5. The Morgan fingerprint density at radius 2 is 2.04 bits per heavy atom. The highest BCUT2D eigenvalue weighted by molar-refractivity contribution is 7.91. The van der Waals surface area contributed by atoms with Gasteiger partial charge in [0.25, 0.3) is 0 Å². The van der Waals surface area contributed by atoms with Gasteiger partial charge in [-0.1, -0.05) is 29.8 Å². The van der Waals surface area contributed by atoms with E-state index in [2.05, 4.69) is 16.7 Å². The minimum absolute atomic E-state index is 0.0842. The fourth-order valence-corrected chi connectivity index (χ4v) is 5.21. The minimum atomic E-state index is -2.96. The van der Waals surface area contributed by atoms with Crippen LogP contribution in [0.3, 0.4) is 0 Å². The Balaban J connectivity index is 1.59. The first-order valence-corrected chi connectivity index (χ1v) is 11.2. The number of carbonyl (C=O) groups is 2. The summed E-state index contributed by atoms with van der Waals surface area (Å²) in [5, 5.41) is 5.75. The lowest BCUT2D eigenvalue weighted by atomic mass is 10.0. The van der Waals surface area contributed by atoms with E-state index in [0.717, 1.165) is 11.1 Å². The van der Waals surface area contributed by atoms with Crippen LogP contribution in [0.4, 0.5) is 0 Å². The van der Waals surface area contributed by atoms with Crippen molar-refractivity contribution in [1.82, 2.24) is 15.5 Å². The average molecular weight is 394 g/mol. The molecular formula is C19H27N3O4S. The van der Waals surface area contributed by atoms with E-state index in [0.29, 0.717) is 32.5 Å². The molecule has 2 aliphatic heterocycles. The monoisotopic (exact) mass is 393 g/mol. The molecule has 0 spiro atoms. The Hall–Kier alpha value is -1.93.